The van der Waals surface area contributed by atoms with Crippen LogP contribution < -0.4 is 0 Å². The zero-order valence-corrected chi connectivity index (χ0v) is 9.91. The fourth-order valence-electron chi connectivity index (χ4n) is 1.44. The Hall–Kier alpha value is -1.56. The Morgan fingerprint density at radius 1 is 1.28 bits per heavy atom. The molecule has 0 aliphatic rings. The van der Waals surface area contributed by atoms with E-state index < -0.39 is 12.1 Å². The van der Waals surface area contributed by atoms with Gasteiger partial charge < -0.3 is 9.64 Å². The summed E-state index contributed by atoms with van der Waals surface area (Å²) < 4.78 is 41.9. The molecule has 0 radical (unpaired) electrons. The van der Waals surface area contributed by atoms with Gasteiger partial charge in [-0.15, -0.1) is 0 Å². The van der Waals surface area contributed by atoms with E-state index in [1.165, 1.54) is 7.11 Å². The van der Waals surface area contributed by atoms with Crippen molar-refractivity contribution in [3.63, 3.8) is 0 Å². The van der Waals surface area contributed by atoms with Gasteiger partial charge in [0, 0.05) is 20.2 Å². The van der Waals surface area contributed by atoms with Crippen LogP contribution in [0.1, 0.15) is 5.56 Å². The average molecular weight is 261 g/mol. The predicted octanol–water partition coefficient (Wildman–Crippen LogP) is 2.22. The molecule has 0 saturated carbocycles. The number of nitrogens with zero attached hydrogens (tertiary/aromatic N) is 1. The van der Waals surface area contributed by atoms with E-state index in [2.05, 4.69) is 0 Å². The summed E-state index contributed by atoms with van der Waals surface area (Å²) in [5, 5.41) is 0. The van der Waals surface area contributed by atoms with E-state index in [0.29, 0.717) is 5.56 Å². The highest BCUT2D eigenvalue weighted by Gasteiger charge is 2.42. The van der Waals surface area contributed by atoms with E-state index in [9.17, 15) is 18.0 Å². The van der Waals surface area contributed by atoms with Crippen molar-refractivity contribution in [2.45, 2.75) is 12.7 Å². The Labute approximate surface area is 103 Å². The van der Waals surface area contributed by atoms with E-state index in [1.807, 2.05) is 0 Å². The highest BCUT2D eigenvalue weighted by Crippen LogP contribution is 2.19. The van der Waals surface area contributed by atoms with E-state index in [4.69, 9.17) is 4.74 Å². The first kappa shape index (κ1) is 14.5. The van der Waals surface area contributed by atoms with Crippen LogP contribution in [0.2, 0.25) is 0 Å². The number of benzene rings is 1. The maximum absolute atomic E-state index is 12.4. The van der Waals surface area contributed by atoms with Crippen molar-refractivity contribution in [1.82, 2.24) is 4.90 Å². The Bertz CT molecular complexity index is 379. The van der Waals surface area contributed by atoms with Crippen molar-refractivity contribution in [3.05, 3.63) is 35.9 Å². The lowest BCUT2D eigenvalue weighted by atomic mass is 10.2. The van der Waals surface area contributed by atoms with Gasteiger partial charge in [-0.1, -0.05) is 30.3 Å². The van der Waals surface area contributed by atoms with Gasteiger partial charge in [-0.3, -0.25) is 4.79 Å². The predicted molar refractivity (Wildman–Crippen MR) is 59.8 cm³/mol. The zero-order chi connectivity index (χ0) is 13.6. The third-order valence-corrected chi connectivity index (χ3v) is 2.31. The molecule has 0 aliphatic carbocycles. The van der Waals surface area contributed by atoms with E-state index in [1.54, 1.807) is 30.3 Å². The molecule has 0 atom stereocenters. The number of amides is 1. The molecular weight excluding hydrogens is 247 g/mol. The molecule has 1 amide bonds. The van der Waals surface area contributed by atoms with Crippen LogP contribution >= 0.6 is 0 Å². The molecule has 0 bridgehead atoms. The molecule has 0 N–H and O–H groups in total. The number of rotatable bonds is 5. The van der Waals surface area contributed by atoms with E-state index in [-0.39, 0.29) is 19.7 Å². The molecule has 0 unspecified atom stereocenters. The van der Waals surface area contributed by atoms with Gasteiger partial charge in [-0.2, -0.15) is 13.2 Å². The molecule has 0 spiro atoms. The standard InChI is InChI=1S/C12H14F3NO2/c1-18-8-7-16(11(17)12(13,14)15)9-10-5-3-2-4-6-10/h2-6H,7-9H2,1H3. The van der Waals surface area contributed by atoms with Crippen molar-refractivity contribution in [1.29, 1.82) is 0 Å². The summed E-state index contributed by atoms with van der Waals surface area (Å²) in [5.41, 5.74) is 0.645. The number of methoxy groups -OCH3 is 1. The van der Waals surface area contributed by atoms with Crippen molar-refractivity contribution in [2.24, 2.45) is 0 Å². The van der Waals surface area contributed by atoms with Crippen LogP contribution in [0, 0.1) is 0 Å². The number of alkyl halides is 3. The van der Waals surface area contributed by atoms with Crippen molar-refractivity contribution in [3.8, 4) is 0 Å². The quantitative estimate of drug-likeness (QED) is 0.813. The van der Waals surface area contributed by atoms with Crippen molar-refractivity contribution < 1.29 is 22.7 Å². The first-order valence-electron chi connectivity index (χ1n) is 5.34. The van der Waals surface area contributed by atoms with Crippen molar-refractivity contribution >= 4 is 5.91 Å². The first-order chi connectivity index (χ1) is 8.45. The fraction of sp³-hybridized carbons (Fsp3) is 0.417. The first-order valence-corrected chi connectivity index (χ1v) is 5.34. The molecule has 1 aromatic carbocycles. The minimum Gasteiger partial charge on any atom is -0.383 e. The molecular formula is C12H14F3NO2. The summed E-state index contributed by atoms with van der Waals surface area (Å²) >= 11 is 0. The molecule has 18 heavy (non-hydrogen) atoms. The summed E-state index contributed by atoms with van der Waals surface area (Å²) in [5.74, 6) is -1.84. The maximum atomic E-state index is 12.4. The molecule has 0 aliphatic heterocycles. The highest BCUT2D eigenvalue weighted by molar-refractivity contribution is 5.81. The van der Waals surface area contributed by atoms with Crippen LogP contribution in [0.25, 0.3) is 0 Å². The smallest absolute Gasteiger partial charge is 0.383 e. The van der Waals surface area contributed by atoms with Gasteiger partial charge in [-0.05, 0) is 5.56 Å². The van der Waals surface area contributed by atoms with E-state index in [0.717, 1.165) is 4.90 Å². The number of carbonyl (C=O) groups excluding carboxylic acids is 1. The Morgan fingerprint density at radius 3 is 2.39 bits per heavy atom. The molecule has 1 aromatic rings. The van der Waals surface area contributed by atoms with Crippen LogP contribution in [0.3, 0.4) is 0 Å². The molecule has 0 heterocycles. The largest absolute Gasteiger partial charge is 0.471 e. The van der Waals surface area contributed by atoms with Crippen LogP contribution in [0.15, 0.2) is 30.3 Å². The van der Waals surface area contributed by atoms with Crippen LogP contribution in [-0.2, 0) is 16.1 Å². The van der Waals surface area contributed by atoms with Gasteiger partial charge in [0.25, 0.3) is 0 Å². The third-order valence-electron chi connectivity index (χ3n) is 2.31. The van der Waals surface area contributed by atoms with Gasteiger partial charge >= 0.3 is 12.1 Å². The summed E-state index contributed by atoms with van der Waals surface area (Å²) in [6, 6.07) is 8.52. The van der Waals surface area contributed by atoms with Crippen LogP contribution in [0.5, 0.6) is 0 Å². The molecule has 1 rings (SSSR count). The topological polar surface area (TPSA) is 29.5 Å². The lowest BCUT2D eigenvalue weighted by Gasteiger charge is -2.23. The van der Waals surface area contributed by atoms with Crippen molar-refractivity contribution in [2.75, 3.05) is 20.3 Å². The summed E-state index contributed by atoms with van der Waals surface area (Å²) in [6.07, 6.45) is -4.86. The van der Waals surface area contributed by atoms with Gasteiger partial charge in [0.15, 0.2) is 0 Å². The summed E-state index contributed by atoms with van der Waals surface area (Å²) in [4.78, 5) is 12.0. The molecule has 0 aromatic heterocycles. The van der Waals surface area contributed by atoms with Crippen LogP contribution in [-0.4, -0.2) is 37.2 Å². The highest BCUT2D eigenvalue weighted by atomic mass is 19.4. The van der Waals surface area contributed by atoms with Gasteiger partial charge in [0.2, 0.25) is 0 Å². The Morgan fingerprint density at radius 2 is 1.89 bits per heavy atom. The van der Waals surface area contributed by atoms with Gasteiger partial charge in [-0.25, -0.2) is 0 Å². The fourth-order valence-corrected chi connectivity index (χ4v) is 1.44. The van der Waals surface area contributed by atoms with E-state index >= 15 is 0 Å². The Kier molecular flexibility index (Phi) is 5.15. The second kappa shape index (κ2) is 6.39. The number of halogens is 3. The minimum atomic E-state index is -4.86. The maximum Gasteiger partial charge on any atom is 0.471 e. The monoisotopic (exact) mass is 261 g/mol. The van der Waals surface area contributed by atoms with Crippen LogP contribution in [0.4, 0.5) is 13.2 Å². The zero-order valence-electron chi connectivity index (χ0n) is 9.91. The average Bonchev–Trinajstić information content (AvgIpc) is 2.33. The SMILES string of the molecule is COCCN(Cc1ccccc1)C(=O)C(F)(F)F. The van der Waals surface area contributed by atoms with Gasteiger partial charge in [0.1, 0.15) is 0 Å². The molecule has 100 valence electrons. The third kappa shape index (κ3) is 4.37. The Balaban J connectivity index is 2.76. The summed E-state index contributed by atoms with van der Waals surface area (Å²) in [6.45, 7) is -0.110. The normalized spacial score (nSPS) is 11.3. The number of hydrogen-bond donors (Lipinski definition) is 0. The molecule has 0 saturated heterocycles. The lowest BCUT2D eigenvalue weighted by molar-refractivity contribution is -0.186. The second-order valence-electron chi connectivity index (χ2n) is 3.70. The molecule has 3 nitrogen and oxygen atoms in total. The minimum absolute atomic E-state index is 0.0641. The number of hydrogen-bond acceptors (Lipinski definition) is 2. The summed E-state index contributed by atoms with van der Waals surface area (Å²) in [7, 11) is 1.37. The molecule has 6 heteroatoms. The second-order valence-corrected chi connectivity index (χ2v) is 3.70. The van der Waals surface area contributed by atoms with Gasteiger partial charge in [0.05, 0.1) is 6.61 Å². The number of carbonyl (C=O) groups is 1. The molecule has 0 fully saturated rings. The lowest BCUT2D eigenvalue weighted by Crippen LogP contribution is -2.42. The number of ether oxygens (including phenoxy) is 1.